The zero-order valence-corrected chi connectivity index (χ0v) is 15.6. The second kappa shape index (κ2) is 7.84. The van der Waals surface area contributed by atoms with Crippen molar-refractivity contribution in [1.82, 2.24) is 19.8 Å². The fourth-order valence-corrected chi connectivity index (χ4v) is 3.69. The zero-order valence-electron chi connectivity index (χ0n) is 15.6. The third kappa shape index (κ3) is 4.14. The van der Waals surface area contributed by atoms with Crippen LogP contribution in [-0.4, -0.2) is 52.4 Å². The van der Waals surface area contributed by atoms with Gasteiger partial charge in [0, 0.05) is 13.6 Å². The number of rotatable bonds is 5. The maximum Gasteiger partial charge on any atom is 0.236 e. The Morgan fingerprint density at radius 3 is 2.67 bits per heavy atom. The molecular formula is C22H24N4O. The molecule has 0 saturated carbocycles. The van der Waals surface area contributed by atoms with E-state index in [1.54, 1.807) is 11.1 Å². The van der Waals surface area contributed by atoms with E-state index in [9.17, 15) is 4.79 Å². The van der Waals surface area contributed by atoms with Crippen LogP contribution in [0.1, 0.15) is 23.6 Å². The molecule has 1 fully saturated rings. The summed E-state index contributed by atoms with van der Waals surface area (Å²) in [6.45, 7) is 2.85. The van der Waals surface area contributed by atoms with E-state index in [4.69, 9.17) is 0 Å². The summed E-state index contributed by atoms with van der Waals surface area (Å²) in [7, 11) is 1.84. The van der Waals surface area contributed by atoms with Crippen LogP contribution < -0.4 is 0 Å². The van der Waals surface area contributed by atoms with Crippen molar-refractivity contribution < 1.29 is 4.79 Å². The summed E-state index contributed by atoms with van der Waals surface area (Å²) in [5.41, 5.74) is 3.92. The number of amides is 1. The number of likely N-dealkylation sites (tertiary alicyclic amines) is 1. The molecule has 27 heavy (non-hydrogen) atoms. The molecule has 5 heteroatoms. The molecule has 5 nitrogen and oxygen atoms in total. The minimum absolute atomic E-state index is 0.124. The first-order valence-electron chi connectivity index (χ1n) is 9.41. The topological polar surface area (TPSA) is 49.3 Å². The van der Waals surface area contributed by atoms with Gasteiger partial charge in [-0.25, -0.2) is 4.98 Å². The molecule has 0 N–H and O–H groups in total. The van der Waals surface area contributed by atoms with Gasteiger partial charge in [0.25, 0.3) is 0 Å². The molecule has 4 rings (SSSR count). The number of hydrogen-bond donors (Lipinski definition) is 0. The van der Waals surface area contributed by atoms with Crippen molar-refractivity contribution in [3.63, 3.8) is 0 Å². The van der Waals surface area contributed by atoms with Crippen molar-refractivity contribution in [2.45, 2.75) is 18.9 Å². The average Bonchev–Trinajstić information content (AvgIpc) is 3.17. The highest BCUT2D eigenvalue weighted by Crippen LogP contribution is 2.26. The maximum absolute atomic E-state index is 12.6. The smallest absolute Gasteiger partial charge is 0.236 e. The summed E-state index contributed by atoms with van der Waals surface area (Å²) in [6.07, 6.45) is 2.87. The van der Waals surface area contributed by atoms with E-state index in [-0.39, 0.29) is 5.91 Å². The number of likely N-dealkylation sites (N-methyl/N-ethyl adjacent to an activating group) is 1. The van der Waals surface area contributed by atoms with Gasteiger partial charge in [0.2, 0.25) is 5.91 Å². The van der Waals surface area contributed by atoms with Crippen LogP contribution >= 0.6 is 0 Å². The van der Waals surface area contributed by atoms with Gasteiger partial charge in [-0.3, -0.25) is 14.7 Å². The Morgan fingerprint density at radius 2 is 1.85 bits per heavy atom. The van der Waals surface area contributed by atoms with Crippen molar-refractivity contribution in [1.29, 1.82) is 0 Å². The molecule has 1 aliphatic heterocycles. The predicted octanol–water partition coefficient (Wildman–Crippen LogP) is 3.08. The van der Waals surface area contributed by atoms with E-state index in [1.165, 1.54) is 5.56 Å². The molecule has 2 aromatic carbocycles. The second-order valence-corrected chi connectivity index (χ2v) is 7.23. The standard InChI is InChI=1S/C22H24N4O/c1-25(15-19-13-23-20-9-5-6-10-21(20)24-19)22(27)16-26-12-11-18(14-26)17-7-3-2-4-8-17/h2-10,13,18H,11-12,14-16H2,1H3. The highest BCUT2D eigenvalue weighted by atomic mass is 16.2. The first-order chi connectivity index (χ1) is 13.2. The molecule has 1 unspecified atom stereocenters. The SMILES string of the molecule is CN(Cc1cnc2ccccc2n1)C(=O)CN1CCC(c2ccccc2)C1. The lowest BCUT2D eigenvalue weighted by molar-refractivity contribution is -0.131. The summed E-state index contributed by atoms with van der Waals surface area (Å²) in [5.74, 6) is 0.648. The van der Waals surface area contributed by atoms with Crippen LogP contribution in [0.5, 0.6) is 0 Å². The van der Waals surface area contributed by atoms with Crippen molar-refractivity contribution >= 4 is 16.9 Å². The number of fused-ring (bicyclic) bond motifs is 1. The van der Waals surface area contributed by atoms with Gasteiger partial charge in [-0.05, 0) is 36.6 Å². The van der Waals surface area contributed by atoms with Gasteiger partial charge < -0.3 is 4.90 Å². The molecule has 0 bridgehead atoms. The second-order valence-electron chi connectivity index (χ2n) is 7.23. The number of nitrogens with zero attached hydrogens (tertiary/aromatic N) is 4. The minimum Gasteiger partial charge on any atom is -0.339 e. The van der Waals surface area contributed by atoms with Gasteiger partial charge >= 0.3 is 0 Å². The predicted molar refractivity (Wildman–Crippen MR) is 106 cm³/mol. The number of aromatic nitrogens is 2. The Hall–Kier alpha value is -2.79. The number of hydrogen-bond acceptors (Lipinski definition) is 4. The van der Waals surface area contributed by atoms with Crippen LogP contribution in [0.2, 0.25) is 0 Å². The van der Waals surface area contributed by atoms with E-state index in [0.29, 0.717) is 19.0 Å². The molecule has 0 aliphatic carbocycles. The molecule has 2 heterocycles. The number of benzene rings is 2. The van der Waals surface area contributed by atoms with Gasteiger partial charge in [0.15, 0.2) is 0 Å². The quantitative estimate of drug-likeness (QED) is 0.702. The summed E-state index contributed by atoms with van der Waals surface area (Å²) in [5, 5.41) is 0. The first-order valence-corrected chi connectivity index (χ1v) is 9.41. The highest BCUT2D eigenvalue weighted by Gasteiger charge is 2.26. The van der Waals surface area contributed by atoms with Gasteiger partial charge in [0.05, 0.1) is 36.0 Å². The lowest BCUT2D eigenvalue weighted by atomic mass is 9.99. The van der Waals surface area contributed by atoms with Crippen LogP contribution in [0.3, 0.4) is 0 Å². The van der Waals surface area contributed by atoms with E-state index < -0.39 is 0 Å². The van der Waals surface area contributed by atoms with E-state index in [1.807, 2.05) is 37.4 Å². The maximum atomic E-state index is 12.6. The summed E-state index contributed by atoms with van der Waals surface area (Å²) in [4.78, 5) is 25.7. The Bertz CT molecular complexity index is 928. The Kier molecular flexibility index (Phi) is 5.12. The highest BCUT2D eigenvalue weighted by molar-refractivity contribution is 5.78. The summed E-state index contributed by atoms with van der Waals surface area (Å²) < 4.78 is 0. The van der Waals surface area contributed by atoms with Crippen molar-refractivity contribution in [3.05, 3.63) is 72.1 Å². The van der Waals surface area contributed by atoms with Crippen LogP contribution in [0.25, 0.3) is 11.0 Å². The monoisotopic (exact) mass is 360 g/mol. The van der Waals surface area contributed by atoms with Crippen LogP contribution in [0, 0.1) is 0 Å². The van der Waals surface area contributed by atoms with Gasteiger partial charge in [-0.1, -0.05) is 42.5 Å². The summed E-state index contributed by atoms with van der Waals surface area (Å²) >= 11 is 0. The Balaban J connectivity index is 1.34. The molecule has 1 aromatic heterocycles. The number of carbonyl (C=O) groups excluding carboxylic acids is 1. The van der Waals surface area contributed by atoms with Gasteiger partial charge in [-0.15, -0.1) is 0 Å². The molecule has 1 saturated heterocycles. The molecule has 0 radical (unpaired) electrons. The van der Waals surface area contributed by atoms with E-state index in [0.717, 1.165) is 36.2 Å². The van der Waals surface area contributed by atoms with E-state index >= 15 is 0 Å². The Morgan fingerprint density at radius 1 is 1.11 bits per heavy atom. The fraction of sp³-hybridized carbons (Fsp3) is 0.318. The van der Waals surface area contributed by atoms with Crippen molar-refractivity contribution in [2.24, 2.45) is 0 Å². The van der Waals surface area contributed by atoms with Crippen molar-refractivity contribution in [3.8, 4) is 0 Å². The average molecular weight is 360 g/mol. The molecule has 0 spiro atoms. The number of para-hydroxylation sites is 2. The van der Waals surface area contributed by atoms with Crippen LogP contribution in [-0.2, 0) is 11.3 Å². The van der Waals surface area contributed by atoms with Crippen LogP contribution in [0.15, 0.2) is 60.8 Å². The lowest BCUT2D eigenvalue weighted by Gasteiger charge is -2.21. The lowest BCUT2D eigenvalue weighted by Crippen LogP contribution is -2.37. The molecular weight excluding hydrogens is 336 g/mol. The molecule has 3 aromatic rings. The molecule has 1 aliphatic rings. The van der Waals surface area contributed by atoms with Crippen LogP contribution in [0.4, 0.5) is 0 Å². The molecule has 1 amide bonds. The molecule has 1 atom stereocenters. The molecule has 138 valence electrons. The normalized spacial score (nSPS) is 17.3. The fourth-order valence-electron chi connectivity index (χ4n) is 3.69. The zero-order chi connectivity index (χ0) is 18.6. The number of carbonyl (C=O) groups is 1. The summed E-state index contributed by atoms with van der Waals surface area (Å²) in [6, 6.07) is 18.4. The minimum atomic E-state index is 0.124. The van der Waals surface area contributed by atoms with Gasteiger partial charge in [-0.2, -0.15) is 0 Å². The van der Waals surface area contributed by atoms with Crippen molar-refractivity contribution in [2.75, 3.05) is 26.7 Å². The van der Waals surface area contributed by atoms with E-state index in [2.05, 4.69) is 39.1 Å². The largest absolute Gasteiger partial charge is 0.339 e. The first kappa shape index (κ1) is 17.6. The Labute approximate surface area is 159 Å². The third-order valence-electron chi connectivity index (χ3n) is 5.23. The third-order valence-corrected chi connectivity index (χ3v) is 5.23. The van der Waals surface area contributed by atoms with Gasteiger partial charge in [0.1, 0.15) is 0 Å².